The van der Waals surface area contributed by atoms with Crippen LogP contribution in [0.1, 0.15) is 6.42 Å². The molecule has 0 bridgehead atoms. The zero-order valence-corrected chi connectivity index (χ0v) is 12.7. The fourth-order valence-corrected chi connectivity index (χ4v) is 2.24. The highest BCUT2D eigenvalue weighted by Gasteiger charge is 2.20. The van der Waals surface area contributed by atoms with Crippen molar-refractivity contribution in [2.45, 2.75) is 12.5 Å². The lowest BCUT2D eigenvalue weighted by Gasteiger charge is -2.24. The molecular weight excluding hydrogens is 272 g/mol. The third-order valence-electron chi connectivity index (χ3n) is 3.26. The van der Waals surface area contributed by atoms with Gasteiger partial charge in [-0.1, -0.05) is 0 Å². The quantitative estimate of drug-likeness (QED) is 0.822. The van der Waals surface area contributed by atoms with Crippen LogP contribution in [-0.2, 0) is 9.53 Å². The van der Waals surface area contributed by atoms with Gasteiger partial charge in [0.1, 0.15) is 5.69 Å². The van der Waals surface area contributed by atoms with E-state index in [2.05, 4.69) is 15.6 Å². The molecule has 7 nitrogen and oxygen atoms in total. The monoisotopic (exact) mass is 294 g/mol. The molecule has 2 rings (SSSR count). The number of ether oxygens (including phenoxy) is 2. The van der Waals surface area contributed by atoms with E-state index in [-0.39, 0.29) is 11.9 Å². The number of carbonyl (C=O) groups excluding carboxylic acids is 1. The highest BCUT2D eigenvalue weighted by molar-refractivity contribution is 5.96. The number of amides is 1. The third-order valence-corrected chi connectivity index (χ3v) is 3.26. The molecular formula is C14H22N4O3. The van der Waals surface area contributed by atoms with Gasteiger partial charge < -0.3 is 25.0 Å². The Morgan fingerprint density at radius 3 is 3.05 bits per heavy atom. The summed E-state index contributed by atoms with van der Waals surface area (Å²) >= 11 is 0. The standard InChI is InChI=1S/C14H22N4O3/c1-18(2)11-4-5-16-14(20-3)13(11)17-12(19)8-10-9-21-7-6-15-10/h4-5,10,15H,6-9H2,1-3H3,(H,17,19). The average Bonchev–Trinajstić information content (AvgIpc) is 2.48. The molecule has 1 amide bonds. The minimum atomic E-state index is -0.0904. The number of aromatic nitrogens is 1. The molecule has 1 saturated heterocycles. The summed E-state index contributed by atoms with van der Waals surface area (Å²) in [5.41, 5.74) is 1.44. The van der Waals surface area contributed by atoms with Crippen molar-refractivity contribution in [3.8, 4) is 5.88 Å². The van der Waals surface area contributed by atoms with Crippen LogP contribution in [-0.4, -0.2) is 57.9 Å². The van der Waals surface area contributed by atoms with Gasteiger partial charge >= 0.3 is 0 Å². The topological polar surface area (TPSA) is 75.7 Å². The van der Waals surface area contributed by atoms with Gasteiger partial charge in [-0.3, -0.25) is 4.79 Å². The number of nitrogens with zero attached hydrogens (tertiary/aromatic N) is 2. The van der Waals surface area contributed by atoms with Crippen LogP contribution in [0.3, 0.4) is 0 Å². The summed E-state index contributed by atoms with van der Waals surface area (Å²) < 4.78 is 10.6. The SMILES string of the molecule is COc1nccc(N(C)C)c1NC(=O)CC1COCCN1. The molecule has 0 aromatic carbocycles. The molecule has 116 valence electrons. The van der Waals surface area contributed by atoms with Crippen LogP contribution in [0.5, 0.6) is 5.88 Å². The zero-order valence-electron chi connectivity index (χ0n) is 12.7. The number of carbonyl (C=O) groups is 1. The Bertz CT molecular complexity index is 487. The molecule has 7 heteroatoms. The molecule has 1 atom stereocenters. The molecule has 1 fully saturated rings. The van der Waals surface area contributed by atoms with Crippen molar-refractivity contribution >= 4 is 17.3 Å². The number of rotatable bonds is 5. The maximum atomic E-state index is 12.2. The number of morpholine rings is 1. The fourth-order valence-electron chi connectivity index (χ4n) is 2.24. The van der Waals surface area contributed by atoms with Crippen LogP contribution >= 0.6 is 0 Å². The first kappa shape index (κ1) is 15.5. The smallest absolute Gasteiger partial charge is 0.239 e. The molecule has 2 heterocycles. The van der Waals surface area contributed by atoms with Crippen molar-refractivity contribution in [3.05, 3.63) is 12.3 Å². The summed E-state index contributed by atoms with van der Waals surface area (Å²) in [6.07, 6.45) is 2.01. The highest BCUT2D eigenvalue weighted by atomic mass is 16.5. The second-order valence-electron chi connectivity index (χ2n) is 5.09. The second-order valence-corrected chi connectivity index (χ2v) is 5.09. The largest absolute Gasteiger partial charge is 0.479 e. The Balaban J connectivity index is 2.08. The van der Waals surface area contributed by atoms with Gasteiger partial charge in [0.2, 0.25) is 11.8 Å². The summed E-state index contributed by atoms with van der Waals surface area (Å²) in [5, 5.41) is 6.15. The molecule has 0 aliphatic carbocycles. The van der Waals surface area contributed by atoms with E-state index in [4.69, 9.17) is 9.47 Å². The summed E-state index contributed by atoms with van der Waals surface area (Å²) in [5.74, 6) is 0.315. The first-order valence-electron chi connectivity index (χ1n) is 6.93. The van der Waals surface area contributed by atoms with Gasteiger partial charge in [-0.2, -0.15) is 0 Å². The summed E-state index contributed by atoms with van der Waals surface area (Å²) in [4.78, 5) is 18.3. The van der Waals surface area contributed by atoms with Gasteiger partial charge in [-0.25, -0.2) is 4.98 Å². The lowest BCUT2D eigenvalue weighted by molar-refractivity contribution is -0.117. The van der Waals surface area contributed by atoms with Gasteiger partial charge in [-0.05, 0) is 6.07 Å². The number of anilines is 2. The molecule has 1 aromatic heterocycles. The fraction of sp³-hybridized carbons (Fsp3) is 0.571. The van der Waals surface area contributed by atoms with Crippen molar-refractivity contribution in [1.29, 1.82) is 0 Å². The van der Waals surface area contributed by atoms with E-state index in [0.717, 1.165) is 12.2 Å². The van der Waals surface area contributed by atoms with E-state index in [1.54, 1.807) is 6.20 Å². The van der Waals surface area contributed by atoms with Crippen molar-refractivity contribution in [2.75, 3.05) is 51.2 Å². The summed E-state index contributed by atoms with van der Waals surface area (Å²) in [6.45, 7) is 2.02. The van der Waals surface area contributed by atoms with Crippen LogP contribution in [0, 0.1) is 0 Å². The lowest BCUT2D eigenvalue weighted by atomic mass is 10.2. The van der Waals surface area contributed by atoms with Crippen LogP contribution < -0.4 is 20.3 Å². The van der Waals surface area contributed by atoms with Gasteiger partial charge in [0.25, 0.3) is 0 Å². The van der Waals surface area contributed by atoms with Crippen molar-refractivity contribution in [3.63, 3.8) is 0 Å². The lowest BCUT2D eigenvalue weighted by Crippen LogP contribution is -2.43. The molecule has 21 heavy (non-hydrogen) atoms. The Morgan fingerprint density at radius 2 is 2.43 bits per heavy atom. The molecule has 1 aliphatic heterocycles. The van der Waals surface area contributed by atoms with E-state index in [1.165, 1.54) is 7.11 Å². The minimum Gasteiger partial charge on any atom is -0.479 e. The van der Waals surface area contributed by atoms with Crippen molar-refractivity contribution in [2.24, 2.45) is 0 Å². The van der Waals surface area contributed by atoms with E-state index in [1.807, 2.05) is 25.1 Å². The van der Waals surface area contributed by atoms with Crippen LogP contribution in [0.2, 0.25) is 0 Å². The van der Waals surface area contributed by atoms with Crippen LogP contribution in [0.4, 0.5) is 11.4 Å². The molecule has 1 aromatic rings. The normalized spacial score (nSPS) is 18.1. The number of pyridine rings is 1. The molecule has 0 spiro atoms. The molecule has 0 saturated carbocycles. The van der Waals surface area contributed by atoms with E-state index in [0.29, 0.717) is 31.2 Å². The average molecular weight is 294 g/mol. The Morgan fingerprint density at radius 1 is 1.62 bits per heavy atom. The van der Waals surface area contributed by atoms with Crippen LogP contribution in [0.15, 0.2) is 12.3 Å². The zero-order chi connectivity index (χ0) is 15.2. The molecule has 1 aliphatic rings. The van der Waals surface area contributed by atoms with E-state index < -0.39 is 0 Å². The number of nitrogens with one attached hydrogen (secondary N) is 2. The van der Waals surface area contributed by atoms with Crippen LogP contribution in [0.25, 0.3) is 0 Å². The second kappa shape index (κ2) is 7.24. The number of hydrogen-bond acceptors (Lipinski definition) is 6. The molecule has 2 N–H and O–H groups in total. The minimum absolute atomic E-state index is 0.0456. The summed E-state index contributed by atoms with van der Waals surface area (Å²) in [7, 11) is 5.34. The van der Waals surface area contributed by atoms with Gasteiger partial charge in [0.05, 0.1) is 26.0 Å². The van der Waals surface area contributed by atoms with Gasteiger partial charge in [0, 0.05) is 39.3 Å². The predicted octanol–water partition coefficient (Wildman–Crippen LogP) is 0.473. The first-order valence-corrected chi connectivity index (χ1v) is 6.93. The summed E-state index contributed by atoms with van der Waals surface area (Å²) in [6, 6.07) is 1.88. The van der Waals surface area contributed by atoms with Gasteiger partial charge in [-0.15, -0.1) is 0 Å². The van der Waals surface area contributed by atoms with E-state index in [9.17, 15) is 4.79 Å². The third kappa shape index (κ3) is 4.05. The maximum absolute atomic E-state index is 12.2. The highest BCUT2D eigenvalue weighted by Crippen LogP contribution is 2.32. The molecule has 0 radical (unpaired) electrons. The van der Waals surface area contributed by atoms with Crippen molar-refractivity contribution in [1.82, 2.24) is 10.3 Å². The van der Waals surface area contributed by atoms with E-state index >= 15 is 0 Å². The first-order chi connectivity index (χ1) is 10.1. The predicted molar refractivity (Wildman–Crippen MR) is 81.0 cm³/mol. The Kier molecular flexibility index (Phi) is 5.35. The number of methoxy groups -OCH3 is 1. The number of hydrogen-bond donors (Lipinski definition) is 2. The van der Waals surface area contributed by atoms with Gasteiger partial charge in [0.15, 0.2) is 0 Å². The molecule has 1 unspecified atom stereocenters. The maximum Gasteiger partial charge on any atom is 0.239 e. The van der Waals surface area contributed by atoms with Crippen molar-refractivity contribution < 1.29 is 14.3 Å². The Hall–Kier alpha value is -1.86. The Labute approximate surface area is 124 Å².